The minimum atomic E-state index is -2.85. The first-order chi connectivity index (χ1) is 12.7. The second-order valence-electron chi connectivity index (χ2n) is 7.72. The molecule has 0 aliphatic carbocycles. The summed E-state index contributed by atoms with van der Waals surface area (Å²) in [4.78, 5) is 26.8. The normalized spacial score (nSPS) is 25.2. The van der Waals surface area contributed by atoms with E-state index in [2.05, 4.69) is 21.7 Å². The van der Waals surface area contributed by atoms with Crippen molar-refractivity contribution in [3.8, 4) is 0 Å². The molecular formula is C18H26N4O3S2. The molecule has 2 aliphatic rings. The zero-order chi connectivity index (χ0) is 19.3. The van der Waals surface area contributed by atoms with Crippen LogP contribution in [0.15, 0.2) is 4.79 Å². The second kappa shape index (κ2) is 6.95. The maximum atomic E-state index is 12.5. The molecule has 2 fully saturated rings. The molecule has 4 heterocycles. The highest BCUT2D eigenvalue weighted by molar-refractivity contribution is 7.91. The van der Waals surface area contributed by atoms with E-state index in [4.69, 9.17) is 4.98 Å². The summed E-state index contributed by atoms with van der Waals surface area (Å²) in [6, 6.07) is 0.193. The van der Waals surface area contributed by atoms with Gasteiger partial charge in [-0.15, -0.1) is 11.3 Å². The molecule has 2 saturated heterocycles. The summed E-state index contributed by atoms with van der Waals surface area (Å²) in [5.41, 5.74) is 0.960. The van der Waals surface area contributed by atoms with Crippen LogP contribution in [0.25, 0.3) is 10.2 Å². The highest BCUT2D eigenvalue weighted by Gasteiger charge is 2.34. The van der Waals surface area contributed by atoms with Gasteiger partial charge in [-0.25, -0.2) is 13.4 Å². The van der Waals surface area contributed by atoms with Gasteiger partial charge in [-0.05, 0) is 32.8 Å². The Kier molecular flexibility index (Phi) is 4.90. The van der Waals surface area contributed by atoms with Crippen LogP contribution < -0.4 is 5.56 Å². The van der Waals surface area contributed by atoms with Crippen molar-refractivity contribution in [2.24, 2.45) is 0 Å². The highest BCUT2D eigenvalue weighted by atomic mass is 32.2. The molecule has 0 saturated carbocycles. The summed E-state index contributed by atoms with van der Waals surface area (Å²) in [7, 11) is -2.85. The Bertz CT molecular complexity index is 1020. The predicted molar refractivity (Wildman–Crippen MR) is 108 cm³/mol. The van der Waals surface area contributed by atoms with Crippen molar-refractivity contribution in [3.63, 3.8) is 0 Å². The molecule has 4 rings (SSSR count). The molecule has 2 atom stereocenters. The number of thiophene rings is 1. The van der Waals surface area contributed by atoms with E-state index in [-0.39, 0.29) is 17.6 Å². The smallest absolute Gasteiger partial charge is 0.259 e. The third-order valence-corrected chi connectivity index (χ3v) is 8.93. The van der Waals surface area contributed by atoms with Gasteiger partial charge in [0, 0.05) is 37.1 Å². The number of H-pyrrole nitrogens is 1. The maximum Gasteiger partial charge on any atom is 0.259 e. The van der Waals surface area contributed by atoms with Gasteiger partial charge >= 0.3 is 0 Å². The Morgan fingerprint density at radius 1 is 1.22 bits per heavy atom. The van der Waals surface area contributed by atoms with Crippen LogP contribution in [0.3, 0.4) is 0 Å². The largest absolute Gasteiger partial charge is 0.309 e. The highest BCUT2D eigenvalue weighted by Crippen LogP contribution is 2.28. The van der Waals surface area contributed by atoms with Gasteiger partial charge in [-0.2, -0.15) is 0 Å². The van der Waals surface area contributed by atoms with Crippen molar-refractivity contribution in [3.05, 3.63) is 26.6 Å². The molecule has 2 aromatic rings. The third kappa shape index (κ3) is 3.57. The van der Waals surface area contributed by atoms with E-state index in [9.17, 15) is 13.2 Å². The van der Waals surface area contributed by atoms with E-state index in [0.717, 1.165) is 47.9 Å². The number of fused-ring (bicyclic) bond motifs is 1. The molecule has 2 aliphatic heterocycles. The second-order valence-corrected chi connectivity index (χ2v) is 11.2. The minimum Gasteiger partial charge on any atom is -0.309 e. The van der Waals surface area contributed by atoms with E-state index in [1.54, 1.807) is 11.3 Å². The van der Waals surface area contributed by atoms with E-state index < -0.39 is 9.84 Å². The number of rotatable bonds is 3. The summed E-state index contributed by atoms with van der Waals surface area (Å²) >= 11 is 1.57. The average Bonchev–Trinajstić information content (AvgIpc) is 3.13. The Morgan fingerprint density at radius 3 is 2.56 bits per heavy atom. The molecule has 2 unspecified atom stereocenters. The molecular weight excluding hydrogens is 384 g/mol. The van der Waals surface area contributed by atoms with Crippen molar-refractivity contribution in [1.82, 2.24) is 19.8 Å². The quantitative estimate of drug-likeness (QED) is 0.825. The summed E-state index contributed by atoms with van der Waals surface area (Å²) in [6.45, 7) is 9.47. The summed E-state index contributed by atoms with van der Waals surface area (Å²) in [6.07, 6.45) is 0.751. The predicted octanol–water partition coefficient (Wildman–Crippen LogP) is 1.47. The molecule has 1 N–H and O–H groups in total. The lowest BCUT2D eigenvalue weighted by molar-refractivity contribution is 0.0778. The van der Waals surface area contributed by atoms with Crippen LogP contribution in [0.4, 0.5) is 0 Å². The van der Waals surface area contributed by atoms with Crippen molar-refractivity contribution < 1.29 is 8.42 Å². The van der Waals surface area contributed by atoms with E-state index in [0.29, 0.717) is 22.7 Å². The molecule has 9 heteroatoms. The first kappa shape index (κ1) is 19.0. The van der Waals surface area contributed by atoms with Crippen LogP contribution in [0.1, 0.15) is 35.7 Å². The average molecular weight is 411 g/mol. The molecule has 7 nitrogen and oxygen atoms in total. The van der Waals surface area contributed by atoms with Gasteiger partial charge < -0.3 is 4.98 Å². The van der Waals surface area contributed by atoms with Gasteiger partial charge in [0.1, 0.15) is 10.7 Å². The van der Waals surface area contributed by atoms with Gasteiger partial charge in [0.05, 0.1) is 22.9 Å². The minimum absolute atomic E-state index is 0.0271. The zero-order valence-electron chi connectivity index (χ0n) is 16.0. The van der Waals surface area contributed by atoms with E-state index in [1.807, 2.05) is 13.8 Å². The lowest BCUT2D eigenvalue weighted by atomic mass is 10.1. The van der Waals surface area contributed by atoms with Gasteiger partial charge in [0.2, 0.25) is 0 Å². The molecule has 0 spiro atoms. The number of piperazine rings is 1. The number of hydrogen-bond acceptors (Lipinski definition) is 7. The fourth-order valence-corrected chi connectivity index (χ4v) is 6.99. The molecule has 2 aromatic heterocycles. The van der Waals surface area contributed by atoms with Crippen LogP contribution in [0.5, 0.6) is 0 Å². The number of aryl methyl sites for hydroxylation is 2. The van der Waals surface area contributed by atoms with Crippen LogP contribution in [-0.2, 0) is 9.84 Å². The SMILES string of the molecule is Cc1sc2nc(C(C)N3CCN(C4CCS(=O)(=O)C4)CC3)[nH]c(=O)c2c1C. The van der Waals surface area contributed by atoms with Gasteiger partial charge in [0.25, 0.3) is 5.56 Å². The van der Waals surface area contributed by atoms with E-state index in [1.165, 1.54) is 0 Å². The monoisotopic (exact) mass is 410 g/mol. The number of aromatic amines is 1. The first-order valence-electron chi connectivity index (χ1n) is 9.43. The number of sulfone groups is 1. The maximum absolute atomic E-state index is 12.5. The van der Waals surface area contributed by atoms with Crippen molar-refractivity contribution in [2.75, 3.05) is 37.7 Å². The molecule has 0 bridgehead atoms. The number of nitrogens with one attached hydrogen (secondary N) is 1. The van der Waals surface area contributed by atoms with Gasteiger partial charge in [-0.1, -0.05) is 0 Å². The van der Waals surface area contributed by atoms with Crippen molar-refractivity contribution >= 4 is 31.4 Å². The van der Waals surface area contributed by atoms with E-state index >= 15 is 0 Å². The van der Waals surface area contributed by atoms with Crippen molar-refractivity contribution in [2.45, 2.75) is 39.3 Å². The molecule has 148 valence electrons. The number of hydrogen-bond donors (Lipinski definition) is 1. The summed E-state index contributed by atoms with van der Waals surface area (Å²) in [5.74, 6) is 1.33. The first-order valence-corrected chi connectivity index (χ1v) is 12.1. The summed E-state index contributed by atoms with van der Waals surface area (Å²) < 4.78 is 23.5. The fraction of sp³-hybridized carbons (Fsp3) is 0.667. The molecule has 27 heavy (non-hydrogen) atoms. The number of aromatic nitrogens is 2. The lowest BCUT2D eigenvalue weighted by Crippen LogP contribution is -2.51. The lowest BCUT2D eigenvalue weighted by Gasteiger charge is -2.39. The molecule has 0 radical (unpaired) electrons. The Labute approximate surface area is 163 Å². The van der Waals surface area contributed by atoms with Gasteiger partial charge in [-0.3, -0.25) is 14.6 Å². The Balaban J connectivity index is 1.47. The Morgan fingerprint density at radius 2 is 1.93 bits per heavy atom. The Hall–Kier alpha value is -1.29. The van der Waals surface area contributed by atoms with Crippen LogP contribution >= 0.6 is 11.3 Å². The zero-order valence-corrected chi connectivity index (χ0v) is 17.6. The third-order valence-electron chi connectivity index (χ3n) is 6.07. The van der Waals surface area contributed by atoms with Crippen LogP contribution in [0, 0.1) is 13.8 Å². The number of nitrogens with zero attached hydrogens (tertiary/aromatic N) is 3. The summed E-state index contributed by atoms with van der Waals surface area (Å²) in [5, 5.41) is 0.709. The topological polar surface area (TPSA) is 86.4 Å². The van der Waals surface area contributed by atoms with Crippen molar-refractivity contribution in [1.29, 1.82) is 0 Å². The fourth-order valence-electron chi connectivity index (χ4n) is 4.20. The standard InChI is InChI=1S/C18H26N4O3S2/c1-11-13(3)26-18-15(11)17(23)19-16(20-18)12(2)21-5-7-22(8-6-21)14-4-9-27(24,25)10-14/h12,14H,4-10H2,1-3H3,(H,19,20,23). The van der Waals surface area contributed by atoms with Crippen LogP contribution in [0.2, 0.25) is 0 Å². The van der Waals surface area contributed by atoms with Gasteiger partial charge in [0.15, 0.2) is 9.84 Å². The molecule has 0 amide bonds. The molecule has 0 aromatic carbocycles. The van der Waals surface area contributed by atoms with Crippen LogP contribution in [-0.4, -0.2) is 71.9 Å².